The molecule has 5 heteroatoms. The van der Waals surface area contributed by atoms with Crippen LogP contribution in [0.25, 0.3) is 0 Å². The third kappa shape index (κ3) is 6.95. The van der Waals surface area contributed by atoms with Gasteiger partial charge >= 0.3 is 0 Å². The van der Waals surface area contributed by atoms with Gasteiger partial charge in [-0.05, 0) is 31.9 Å². The summed E-state index contributed by atoms with van der Waals surface area (Å²) in [6.45, 7) is 8.99. The summed E-state index contributed by atoms with van der Waals surface area (Å²) < 4.78 is 11.0. The lowest BCUT2D eigenvalue weighted by molar-refractivity contribution is 0.442. The van der Waals surface area contributed by atoms with Crippen molar-refractivity contribution in [2.75, 3.05) is 7.11 Å². The van der Waals surface area contributed by atoms with E-state index >= 15 is 0 Å². The SMILES string of the molecule is CO[Si]C[Si](C)(C)O[SiH](C)C. The van der Waals surface area contributed by atoms with Crippen molar-refractivity contribution in [3.05, 3.63) is 0 Å². The van der Waals surface area contributed by atoms with Crippen molar-refractivity contribution < 1.29 is 8.54 Å². The van der Waals surface area contributed by atoms with E-state index < -0.39 is 17.4 Å². The van der Waals surface area contributed by atoms with Gasteiger partial charge in [-0.3, -0.25) is 0 Å². The van der Waals surface area contributed by atoms with Crippen LogP contribution in [0.4, 0.5) is 0 Å². The lowest BCUT2D eigenvalue weighted by Crippen LogP contribution is -2.36. The van der Waals surface area contributed by atoms with Gasteiger partial charge in [-0.2, -0.15) is 0 Å². The van der Waals surface area contributed by atoms with Crippen molar-refractivity contribution in [1.82, 2.24) is 0 Å². The average molecular weight is 206 g/mol. The summed E-state index contributed by atoms with van der Waals surface area (Å²) in [5.74, 6) is 0. The smallest absolute Gasteiger partial charge is 0.228 e. The zero-order valence-electron chi connectivity index (χ0n) is 8.10. The molecule has 66 valence electrons. The van der Waals surface area contributed by atoms with Gasteiger partial charge in [0.2, 0.25) is 9.76 Å². The van der Waals surface area contributed by atoms with E-state index in [2.05, 4.69) is 26.2 Å². The van der Waals surface area contributed by atoms with E-state index in [-0.39, 0.29) is 0 Å². The molecule has 0 saturated heterocycles. The van der Waals surface area contributed by atoms with Crippen LogP contribution in [0.15, 0.2) is 0 Å². The Labute approximate surface area is 75.1 Å². The number of hydrogen-bond acceptors (Lipinski definition) is 2. The molecule has 0 N–H and O–H groups in total. The first-order valence-corrected chi connectivity index (χ1v) is 10.9. The van der Waals surface area contributed by atoms with Crippen LogP contribution >= 0.6 is 0 Å². The lowest BCUT2D eigenvalue weighted by atomic mass is 11.8. The van der Waals surface area contributed by atoms with Crippen LogP contribution in [-0.4, -0.2) is 34.2 Å². The molecular weight excluding hydrogens is 188 g/mol. The van der Waals surface area contributed by atoms with Crippen molar-refractivity contribution in [2.45, 2.75) is 31.9 Å². The van der Waals surface area contributed by atoms with E-state index in [0.29, 0.717) is 9.76 Å². The highest BCUT2D eigenvalue weighted by Crippen LogP contribution is 2.10. The number of hydrogen-bond donors (Lipinski definition) is 0. The van der Waals surface area contributed by atoms with E-state index in [4.69, 9.17) is 8.54 Å². The Bertz CT molecular complexity index is 106. The van der Waals surface area contributed by atoms with E-state index in [1.54, 1.807) is 7.11 Å². The van der Waals surface area contributed by atoms with Gasteiger partial charge in [0.1, 0.15) is 0 Å². The first-order valence-electron chi connectivity index (χ1n) is 3.91. The van der Waals surface area contributed by atoms with Gasteiger partial charge in [-0.15, -0.1) is 0 Å². The van der Waals surface area contributed by atoms with Crippen molar-refractivity contribution in [3.8, 4) is 0 Å². The highest BCUT2D eigenvalue weighted by molar-refractivity contribution is 6.82. The summed E-state index contributed by atoms with van der Waals surface area (Å²) in [7, 11) is 0.219. The van der Waals surface area contributed by atoms with Crippen LogP contribution in [0.5, 0.6) is 0 Å². The fourth-order valence-corrected chi connectivity index (χ4v) is 9.08. The highest BCUT2D eigenvalue weighted by Gasteiger charge is 2.23. The molecule has 0 atom stereocenters. The van der Waals surface area contributed by atoms with Crippen LogP contribution in [0, 0.1) is 0 Å². The molecule has 2 radical (unpaired) electrons. The van der Waals surface area contributed by atoms with Gasteiger partial charge in [0.25, 0.3) is 0 Å². The molecule has 2 nitrogen and oxygen atoms in total. The Balaban J connectivity index is 3.61. The molecule has 0 saturated carbocycles. The fourth-order valence-electron chi connectivity index (χ4n) is 0.926. The van der Waals surface area contributed by atoms with Crippen LogP contribution in [0.3, 0.4) is 0 Å². The number of rotatable bonds is 5. The molecule has 0 rings (SSSR count). The molecule has 0 heterocycles. The Morgan fingerprint density at radius 2 is 1.91 bits per heavy atom. The quantitative estimate of drug-likeness (QED) is 0.634. The molecule has 0 aliphatic rings. The molecule has 11 heavy (non-hydrogen) atoms. The zero-order valence-corrected chi connectivity index (χ0v) is 11.3. The van der Waals surface area contributed by atoms with E-state index in [1.165, 1.54) is 0 Å². The summed E-state index contributed by atoms with van der Waals surface area (Å²) in [6, 6.07) is 0. The summed E-state index contributed by atoms with van der Waals surface area (Å²) >= 11 is 0. The van der Waals surface area contributed by atoms with Gasteiger partial charge in [0.15, 0.2) is 17.4 Å². The minimum atomic E-state index is -1.34. The maximum absolute atomic E-state index is 5.94. The van der Waals surface area contributed by atoms with Gasteiger partial charge in [0, 0.05) is 7.11 Å². The van der Waals surface area contributed by atoms with Gasteiger partial charge < -0.3 is 8.54 Å². The van der Waals surface area contributed by atoms with Crippen molar-refractivity contribution in [3.63, 3.8) is 0 Å². The molecule has 0 aliphatic heterocycles. The van der Waals surface area contributed by atoms with Crippen LogP contribution in [0.1, 0.15) is 0 Å². The van der Waals surface area contributed by atoms with E-state index in [9.17, 15) is 0 Å². The van der Waals surface area contributed by atoms with E-state index in [0.717, 1.165) is 5.67 Å². The highest BCUT2D eigenvalue weighted by atomic mass is 28.4. The summed E-state index contributed by atoms with van der Waals surface area (Å²) in [5.41, 5.74) is 1.15. The van der Waals surface area contributed by atoms with Crippen LogP contribution in [0.2, 0.25) is 31.9 Å². The van der Waals surface area contributed by atoms with Gasteiger partial charge in [-0.1, -0.05) is 0 Å². The largest absolute Gasteiger partial charge is 0.458 e. The molecule has 0 bridgehead atoms. The molecule has 0 unspecified atom stereocenters. The molecule has 0 spiro atoms. The molecule has 0 aromatic rings. The maximum Gasteiger partial charge on any atom is 0.228 e. The van der Waals surface area contributed by atoms with Crippen molar-refractivity contribution in [1.29, 1.82) is 0 Å². The van der Waals surface area contributed by atoms with Crippen LogP contribution < -0.4 is 0 Å². The third-order valence-corrected chi connectivity index (χ3v) is 9.91. The van der Waals surface area contributed by atoms with Crippen LogP contribution in [-0.2, 0) is 8.54 Å². The predicted molar refractivity (Wildman–Crippen MR) is 55.0 cm³/mol. The van der Waals surface area contributed by atoms with Gasteiger partial charge in [0.05, 0.1) is 0 Å². The summed E-state index contributed by atoms with van der Waals surface area (Å²) in [6.07, 6.45) is 0. The average Bonchev–Trinajstić information content (AvgIpc) is 1.81. The van der Waals surface area contributed by atoms with E-state index in [1.807, 2.05) is 0 Å². The Morgan fingerprint density at radius 3 is 2.27 bits per heavy atom. The maximum atomic E-state index is 5.94. The van der Waals surface area contributed by atoms with Crippen molar-refractivity contribution >= 4 is 27.1 Å². The second-order valence-corrected chi connectivity index (χ2v) is 12.1. The molecule has 0 aliphatic carbocycles. The Hall–Kier alpha value is 0.571. The zero-order chi connectivity index (χ0) is 8.91. The molecule has 0 fully saturated rings. The Kier molecular flexibility index (Phi) is 5.53. The topological polar surface area (TPSA) is 18.5 Å². The molecule has 0 aromatic heterocycles. The molecule has 0 amide bonds. The lowest BCUT2D eigenvalue weighted by Gasteiger charge is -2.24. The Morgan fingerprint density at radius 1 is 1.36 bits per heavy atom. The second-order valence-electron chi connectivity index (χ2n) is 3.45. The monoisotopic (exact) mass is 206 g/mol. The predicted octanol–water partition coefficient (Wildman–Crippen LogP) is 1.41. The normalized spacial score (nSPS) is 12.5. The summed E-state index contributed by atoms with van der Waals surface area (Å²) in [4.78, 5) is 0. The fraction of sp³-hybridized carbons (Fsp3) is 1.00. The first-order chi connectivity index (χ1) is 4.98. The minimum Gasteiger partial charge on any atom is -0.458 e. The van der Waals surface area contributed by atoms with Gasteiger partial charge in [-0.25, -0.2) is 0 Å². The summed E-state index contributed by atoms with van der Waals surface area (Å²) in [5, 5.41) is 0. The molecular formula is C6H18O2Si3. The van der Waals surface area contributed by atoms with Crippen molar-refractivity contribution in [2.24, 2.45) is 0 Å². The second kappa shape index (κ2) is 5.26. The minimum absolute atomic E-state index is 0.625. The molecule has 0 aromatic carbocycles. The standard InChI is InChI=1S/C6H18O2Si3/c1-7-9-6-11(4,5)8-10(2)3/h10H,6H2,1-5H3. The third-order valence-electron chi connectivity index (χ3n) is 1.20. The first kappa shape index (κ1) is 11.6.